The lowest BCUT2D eigenvalue weighted by Crippen LogP contribution is -2.19. The van der Waals surface area contributed by atoms with Crippen molar-refractivity contribution < 1.29 is 18.0 Å². The average Bonchev–Trinajstić information content (AvgIpc) is 2.82. The lowest BCUT2D eigenvalue weighted by atomic mass is 10.1. The molecule has 0 aliphatic heterocycles. The molecule has 0 saturated heterocycles. The number of hydrazine groups is 1. The van der Waals surface area contributed by atoms with Gasteiger partial charge in [0.25, 0.3) is 5.91 Å². The number of nitrogen functional groups attached to an aromatic ring is 1. The van der Waals surface area contributed by atoms with Crippen LogP contribution in [-0.2, 0) is 13.2 Å². The van der Waals surface area contributed by atoms with Gasteiger partial charge in [-0.15, -0.1) is 0 Å². The molecular weight excluding hydrogens is 289 g/mol. The molecule has 0 bridgehead atoms. The second-order valence-electron chi connectivity index (χ2n) is 4.06. The molecule has 0 unspecified atom stereocenters. The summed E-state index contributed by atoms with van der Waals surface area (Å²) < 4.78 is 39.9. The molecule has 0 fully saturated rings. The first-order valence-electron chi connectivity index (χ1n) is 5.66. The number of carbonyl (C=O) groups excluding carboxylic acids is 1. The minimum absolute atomic E-state index is 0.120. The van der Waals surface area contributed by atoms with Gasteiger partial charge in [0, 0.05) is 12.6 Å². The molecule has 21 heavy (non-hydrogen) atoms. The van der Waals surface area contributed by atoms with Crippen molar-refractivity contribution in [1.82, 2.24) is 14.8 Å². The monoisotopic (exact) mass is 300 g/mol. The van der Waals surface area contributed by atoms with E-state index in [2.05, 4.69) is 15.4 Å². The lowest BCUT2D eigenvalue weighted by Gasteiger charge is -2.13. The quantitative estimate of drug-likeness (QED) is 0.587. The fourth-order valence-corrected chi connectivity index (χ4v) is 1.63. The number of rotatable bonds is 3. The summed E-state index contributed by atoms with van der Waals surface area (Å²) in [5, 5.41) is 6.09. The second kappa shape index (κ2) is 5.40. The maximum Gasteiger partial charge on any atom is 0.418 e. The van der Waals surface area contributed by atoms with E-state index in [0.29, 0.717) is 6.07 Å². The summed E-state index contributed by atoms with van der Waals surface area (Å²) in [6.45, 7) is 0. The van der Waals surface area contributed by atoms with E-state index in [1.54, 1.807) is 0 Å². The molecule has 0 atom stereocenters. The highest BCUT2D eigenvalue weighted by Gasteiger charge is 2.34. The molecule has 0 radical (unpaired) electrons. The van der Waals surface area contributed by atoms with Crippen molar-refractivity contribution in [3.8, 4) is 0 Å². The molecule has 7 nitrogen and oxygen atoms in total. The molecule has 2 aromatic rings. The molecule has 10 heteroatoms. The molecule has 0 aliphatic rings. The van der Waals surface area contributed by atoms with Gasteiger partial charge in [-0.05, 0) is 18.2 Å². The van der Waals surface area contributed by atoms with Crippen LogP contribution in [0.1, 0.15) is 15.9 Å². The third kappa shape index (κ3) is 3.11. The molecular formula is C11H11F3N6O. The van der Waals surface area contributed by atoms with Crippen molar-refractivity contribution in [3.63, 3.8) is 0 Å². The van der Waals surface area contributed by atoms with E-state index in [0.717, 1.165) is 6.07 Å². The van der Waals surface area contributed by atoms with E-state index in [9.17, 15) is 18.0 Å². The van der Waals surface area contributed by atoms with Crippen molar-refractivity contribution in [3.05, 3.63) is 35.7 Å². The van der Waals surface area contributed by atoms with Gasteiger partial charge in [-0.3, -0.25) is 16.0 Å². The third-order valence-electron chi connectivity index (χ3n) is 2.68. The fourth-order valence-electron chi connectivity index (χ4n) is 1.63. The Morgan fingerprint density at radius 1 is 1.38 bits per heavy atom. The second-order valence-corrected chi connectivity index (χ2v) is 4.06. The number of aromatic nitrogens is 3. The molecule has 0 saturated carbocycles. The number of anilines is 2. The topological polar surface area (TPSA) is 97.9 Å². The summed E-state index contributed by atoms with van der Waals surface area (Å²) in [6, 6.07) is 3.01. The van der Waals surface area contributed by atoms with Crippen molar-refractivity contribution >= 4 is 17.5 Å². The van der Waals surface area contributed by atoms with Gasteiger partial charge < -0.3 is 5.43 Å². The van der Waals surface area contributed by atoms with E-state index < -0.39 is 17.6 Å². The molecule has 0 spiro atoms. The highest BCUT2D eigenvalue weighted by Crippen LogP contribution is 2.35. The predicted molar refractivity (Wildman–Crippen MR) is 68.2 cm³/mol. The van der Waals surface area contributed by atoms with Gasteiger partial charge in [0.05, 0.1) is 11.3 Å². The Morgan fingerprint density at radius 2 is 2.10 bits per heavy atom. The zero-order valence-electron chi connectivity index (χ0n) is 10.8. The number of carbonyl (C=O) groups is 1. The minimum atomic E-state index is -4.64. The largest absolute Gasteiger partial charge is 0.418 e. The molecule has 2 rings (SSSR count). The summed E-state index contributed by atoms with van der Waals surface area (Å²) >= 11 is 0. The SMILES string of the molecule is Cn1ncnc1NC(=O)c1ccc(NN)c(C(F)(F)F)c1. The van der Waals surface area contributed by atoms with E-state index in [4.69, 9.17) is 5.84 Å². The predicted octanol–water partition coefficient (Wildman–Crippen LogP) is 1.37. The van der Waals surface area contributed by atoms with Crippen LogP contribution >= 0.6 is 0 Å². The highest BCUT2D eigenvalue weighted by molar-refractivity contribution is 6.03. The number of benzene rings is 1. The normalized spacial score (nSPS) is 11.3. The Morgan fingerprint density at radius 3 is 2.62 bits per heavy atom. The van der Waals surface area contributed by atoms with Gasteiger partial charge in [-0.2, -0.15) is 23.3 Å². The zero-order chi connectivity index (χ0) is 15.6. The minimum Gasteiger partial charge on any atom is -0.324 e. The number of nitrogens with two attached hydrogens (primary N) is 1. The molecule has 1 aromatic carbocycles. The van der Waals surface area contributed by atoms with E-state index >= 15 is 0 Å². The summed E-state index contributed by atoms with van der Waals surface area (Å²) in [6.07, 6.45) is -3.43. The number of hydrogen-bond donors (Lipinski definition) is 3. The molecule has 1 aromatic heterocycles. The van der Waals surface area contributed by atoms with Crippen LogP contribution in [-0.4, -0.2) is 20.7 Å². The Balaban J connectivity index is 2.32. The van der Waals surface area contributed by atoms with Gasteiger partial charge in [-0.1, -0.05) is 0 Å². The van der Waals surface area contributed by atoms with Gasteiger partial charge in [0.15, 0.2) is 0 Å². The Labute approximate surface area is 116 Å². The fraction of sp³-hybridized carbons (Fsp3) is 0.182. The first-order valence-corrected chi connectivity index (χ1v) is 5.66. The van der Waals surface area contributed by atoms with Gasteiger partial charge in [-0.25, -0.2) is 4.68 Å². The smallest absolute Gasteiger partial charge is 0.324 e. The number of halogens is 3. The summed E-state index contributed by atoms with van der Waals surface area (Å²) in [7, 11) is 1.53. The van der Waals surface area contributed by atoms with Gasteiger partial charge in [0.1, 0.15) is 6.33 Å². The molecule has 4 N–H and O–H groups in total. The first kappa shape index (κ1) is 14.8. The average molecular weight is 300 g/mol. The third-order valence-corrected chi connectivity index (χ3v) is 2.68. The van der Waals surface area contributed by atoms with Crippen LogP contribution in [0.15, 0.2) is 24.5 Å². The van der Waals surface area contributed by atoms with E-state index in [-0.39, 0.29) is 17.2 Å². The van der Waals surface area contributed by atoms with Gasteiger partial charge in [0.2, 0.25) is 5.95 Å². The van der Waals surface area contributed by atoms with Crippen molar-refractivity contribution in [2.45, 2.75) is 6.18 Å². The lowest BCUT2D eigenvalue weighted by molar-refractivity contribution is -0.137. The van der Waals surface area contributed by atoms with Crippen LogP contribution in [0.25, 0.3) is 0 Å². The Kier molecular flexibility index (Phi) is 3.80. The van der Waals surface area contributed by atoms with Crippen LogP contribution in [0.2, 0.25) is 0 Å². The molecule has 1 amide bonds. The maximum absolute atomic E-state index is 12.9. The molecule has 112 valence electrons. The van der Waals surface area contributed by atoms with Crippen molar-refractivity contribution in [2.75, 3.05) is 10.7 Å². The first-order chi connectivity index (χ1) is 9.82. The number of aryl methyl sites for hydroxylation is 1. The number of amides is 1. The Bertz CT molecular complexity index is 666. The summed E-state index contributed by atoms with van der Waals surface area (Å²) in [5.41, 5.74) is 0.415. The summed E-state index contributed by atoms with van der Waals surface area (Å²) in [4.78, 5) is 15.7. The van der Waals surface area contributed by atoms with Crippen LogP contribution < -0.4 is 16.6 Å². The van der Waals surface area contributed by atoms with Crippen molar-refractivity contribution in [2.24, 2.45) is 12.9 Å². The summed E-state index contributed by atoms with van der Waals surface area (Å²) in [5.74, 6) is 4.41. The molecule has 0 aliphatic carbocycles. The van der Waals surface area contributed by atoms with Crippen LogP contribution in [0.5, 0.6) is 0 Å². The van der Waals surface area contributed by atoms with Gasteiger partial charge >= 0.3 is 6.18 Å². The van der Waals surface area contributed by atoms with E-state index in [1.807, 2.05) is 5.43 Å². The number of hydrogen-bond acceptors (Lipinski definition) is 5. The molecule has 1 heterocycles. The van der Waals surface area contributed by atoms with Crippen LogP contribution in [0, 0.1) is 0 Å². The van der Waals surface area contributed by atoms with Crippen LogP contribution in [0.4, 0.5) is 24.8 Å². The number of nitrogens with one attached hydrogen (secondary N) is 2. The highest BCUT2D eigenvalue weighted by atomic mass is 19.4. The standard InChI is InChI=1S/C11H11F3N6O/c1-20-10(16-5-17-20)18-9(21)6-2-3-8(19-15)7(4-6)11(12,13)14/h2-5,19H,15H2,1H3,(H,16,17,18,21). The maximum atomic E-state index is 12.9. The number of nitrogens with zero attached hydrogens (tertiary/aromatic N) is 3. The Hall–Kier alpha value is -2.62. The van der Waals surface area contributed by atoms with Crippen LogP contribution in [0.3, 0.4) is 0 Å². The zero-order valence-corrected chi connectivity index (χ0v) is 10.8. The van der Waals surface area contributed by atoms with E-state index in [1.165, 1.54) is 24.1 Å². The number of alkyl halides is 3. The van der Waals surface area contributed by atoms with Crippen molar-refractivity contribution in [1.29, 1.82) is 0 Å².